The first-order valence-electron chi connectivity index (χ1n) is 8.33. The number of rotatable bonds is 3. The van der Waals surface area contributed by atoms with E-state index in [1.807, 2.05) is 24.4 Å². The molecule has 0 atom stereocenters. The second-order valence-corrected chi connectivity index (χ2v) is 8.34. The van der Waals surface area contributed by atoms with Gasteiger partial charge in [-0.15, -0.1) is 0 Å². The van der Waals surface area contributed by atoms with Gasteiger partial charge in [0.05, 0.1) is 23.8 Å². The minimum absolute atomic E-state index is 0.295. The van der Waals surface area contributed by atoms with Gasteiger partial charge in [0.1, 0.15) is 5.82 Å². The lowest BCUT2D eigenvalue weighted by atomic mass is 9.99. The highest BCUT2D eigenvalue weighted by Crippen LogP contribution is 2.33. The van der Waals surface area contributed by atoms with Crippen LogP contribution in [-0.2, 0) is 16.4 Å². The van der Waals surface area contributed by atoms with Gasteiger partial charge < -0.3 is 0 Å². The zero-order chi connectivity index (χ0) is 18.3. The molecule has 5 nitrogen and oxygen atoms in total. The molecule has 0 fully saturated rings. The van der Waals surface area contributed by atoms with Crippen LogP contribution in [0.4, 0.5) is 10.1 Å². The normalized spacial score (nSPS) is 14.3. The average Bonchev–Trinajstić information content (AvgIpc) is 3.10. The van der Waals surface area contributed by atoms with E-state index in [-0.39, 0.29) is 5.82 Å². The predicted octanol–water partition coefficient (Wildman–Crippen LogP) is 3.39. The van der Waals surface area contributed by atoms with E-state index >= 15 is 0 Å². The van der Waals surface area contributed by atoms with E-state index in [2.05, 4.69) is 5.10 Å². The summed E-state index contributed by atoms with van der Waals surface area (Å²) in [6.07, 6.45) is 6.50. The van der Waals surface area contributed by atoms with Crippen molar-refractivity contribution in [2.45, 2.75) is 12.8 Å². The molecule has 4 rings (SSSR count). The molecule has 1 aliphatic heterocycles. The summed E-state index contributed by atoms with van der Waals surface area (Å²) >= 11 is 0. The molecule has 0 radical (unpaired) electrons. The van der Waals surface area contributed by atoms with Crippen molar-refractivity contribution in [3.8, 4) is 16.8 Å². The van der Waals surface area contributed by atoms with Crippen molar-refractivity contribution in [1.29, 1.82) is 0 Å². The fourth-order valence-corrected chi connectivity index (χ4v) is 4.26. The molecule has 0 bridgehead atoms. The Balaban J connectivity index is 1.72. The Labute approximate surface area is 151 Å². The second kappa shape index (κ2) is 6.25. The zero-order valence-corrected chi connectivity index (χ0v) is 15.1. The van der Waals surface area contributed by atoms with E-state index in [1.165, 1.54) is 22.7 Å². The highest BCUT2D eigenvalue weighted by Gasteiger charge is 2.24. The lowest BCUT2D eigenvalue weighted by Gasteiger charge is -2.29. The Bertz CT molecular complexity index is 1060. The number of sulfonamides is 1. The summed E-state index contributed by atoms with van der Waals surface area (Å²) in [6, 6.07) is 12.0. The standard InChI is InChI=1S/C19H18FN3O2S/c1-26(24,25)23-10-2-3-14-4-5-15(11-19(14)23)16-12-21-22(13-16)18-8-6-17(20)7-9-18/h4-9,11-13H,2-3,10H2,1H3. The molecule has 0 N–H and O–H groups in total. The largest absolute Gasteiger partial charge is 0.270 e. The molecule has 3 aromatic rings. The van der Waals surface area contributed by atoms with Crippen LogP contribution in [0.25, 0.3) is 16.8 Å². The van der Waals surface area contributed by atoms with Gasteiger partial charge in [0.2, 0.25) is 10.0 Å². The Kier molecular flexibility index (Phi) is 4.03. The van der Waals surface area contributed by atoms with E-state index in [4.69, 9.17) is 0 Å². The highest BCUT2D eigenvalue weighted by atomic mass is 32.2. The number of aryl methyl sites for hydroxylation is 1. The number of hydrogen-bond donors (Lipinski definition) is 0. The maximum atomic E-state index is 13.1. The number of fused-ring (bicyclic) bond motifs is 1. The fraction of sp³-hybridized carbons (Fsp3) is 0.211. The van der Waals surface area contributed by atoms with Crippen LogP contribution < -0.4 is 4.31 Å². The zero-order valence-electron chi connectivity index (χ0n) is 14.3. The van der Waals surface area contributed by atoms with Crippen LogP contribution in [0.5, 0.6) is 0 Å². The molecule has 0 saturated carbocycles. The molecule has 0 saturated heterocycles. The topological polar surface area (TPSA) is 55.2 Å². The van der Waals surface area contributed by atoms with Gasteiger partial charge in [-0.3, -0.25) is 4.31 Å². The first kappa shape index (κ1) is 16.8. The molecule has 134 valence electrons. The predicted molar refractivity (Wildman–Crippen MR) is 99.5 cm³/mol. The molecule has 2 heterocycles. The molecule has 2 aromatic carbocycles. The third-order valence-corrected chi connectivity index (χ3v) is 5.75. The molecule has 7 heteroatoms. The quantitative estimate of drug-likeness (QED) is 0.709. The molecule has 0 amide bonds. The van der Waals surface area contributed by atoms with Gasteiger partial charge in [0.15, 0.2) is 0 Å². The monoisotopic (exact) mass is 371 g/mol. The average molecular weight is 371 g/mol. The molecule has 1 aliphatic rings. The lowest BCUT2D eigenvalue weighted by molar-refractivity contribution is 0.592. The number of benzene rings is 2. The van der Waals surface area contributed by atoms with Crippen molar-refractivity contribution in [2.24, 2.45) is 0 Å². The van der Waals surface area contributed by atoms with Gasteiger partial charge in [0, 0.05) is 18.3 Å². The molecule has 0 aliphatic carbocycles. The van der Waals surface area contributed by atoms with Crippen molar-refractivity contribution in [2.75, 3.05) is 17.1 Å². The number of nitrogens with zero attached hydrogens (tertiary/aromatic N) is 3. The molecule has 0 spiro atoms. The van der Waals surface area contributed by atoms with Crippen molar-refractivity contribution in [3.63, 3.8) is 0 Å². The maximum Gasteiger partial charge on any atom is 0.232 e. The lowest BCUT2D eigenvalue weighted by Crippen LogP contribution is -2.34. The third kappa shape index (κ3) is 3.10. The number of anilines is 1. The second-order valence-electron chi connectivity index (χ2n) is 6.43. The summed E-state index contributed by atoms with van der Waals surface area (Å²) in [5.41, 5.74) is 4.30. The summed E-state index contributed by atoms with van der Waals surface area (Å²) < 4.78 is 40.4. The first-order chi connectivity index (χ1) is 12.4. The molecular formula is C19H18FN3O2S. The van der Waals surface area contributed by atoms with Crippen LogP contribution in [0.15, 0.2) is 54.9 Å². The number of aromatic nitrogens is 2. The Morgan fingerprint density at radius 3 is 2.58 bits per heavy atom. The van der Waals surface area contributed by atoms with E-state index in [1.54, 1.807) is 23.0 Å². The van der Waals surface area contributed by atoms with Gasteiger partial charge in [-0.1, -0.05) is 12.1 Å². The first-order valence-corrected chi connectivity index (χ1v) is 10.2. The van der Waals surface area contributed by atoms with Crippen LogP contribution >= 0.6 is 0 Å². The van der Waals surface area contributed by atoms with E-state index in [0.29, 0.717) is 6.54 Å². The Hall–Kier alpha value is -2.67. The molecule has 0 unspecified atom stereocenters. The van der Waals surface area contributed by atoms with Crippen LogP contribution in [0.1, 0.15) is 12.0 Å². The van der Waals surface area contributed by atoms with Crippen LogP contribution in [0, 0.1) is 5.82 Å². The van der Waals surface area contributed by atoms with Gasteiger partial charge >= 0.3 is 0 Å². The summed E-state index contributed by atoms with van der Waals surface area (Å²) in [6.45, 7) is 0.504. The summed E-state index contributed by atoms with van der Waals surface area (Å²) in [4.78, 5) is 0. The van der Waals surface area contributed by atoms with Crippen molar-refractivity contribution in [1.82, 2.24) is 9.78 Å². The van der Waals surface area contributed by atoms with Gasteiger partial charge in [0.25, 0.3) is 0 Å². The number of hydrogen-bond acceptors (Lipinski definition) is 3. The third-order valence-electron chi connectivity index (χ3n) is 4.57. The number of halogens is 1. The Morgan fingerprint density at radius 2 is 1.85 bits per heavy atom. The minimum Gasteiger partial charge on any atom is -0.270 e. The van der Waals surface area contributed by atoms with Crippen LogP contribution in [0.3, 0.4) is 0 Å². The van der Waals surface area contributed by atoms with Gasteiger partial charge in [-0.25, -0.2) is 17.5 Å². The molecular weight excluding hydrogens is 353 g/mol. The van der Waals surface area contributed by atoms with Crippen LogP contribution in [-0.4, -0.2) is 31.0 Å². The fourth-order valence-electron chi connectivity index (χ4n) is 3.27. The smallest absolute Gasteiger partial charge is 0.232 e. The van der Waals surface area contributed by atoms with E-state index in [9.17, 15) is 12.8 Å². The van der Waals surface area contributed by atoms with Gasteiger partial charge in [-0.2, -0.15) is 5.10 Å². The van der Waals surface area contributed by atoms with E-state index < -0.39 is 10.0 Å². The van der Waals surface area contributed by atoms with Crippen molar-refractivity contribution in [3.05, 3.63) is 66.2 Å². The SMILES string of the molecule is CS(=O)(=O)N1CCCc2ccc(-c3cnn(-c4ccc(F)cc4)c3)cc21. The van der Waals surface area contributed by atoms with Gasteiger partial charge in [-0.05, 0) is 54.3 Å². The summed E-state index contributed by atoms with van der Waals surface area (Å²) in [7, 11) is -3.30. The molecule has 1 aromatic heterocycles. The minimum atomic E-state index is -3.30. The maximum absolute atomic E-state index is 13.1. The Morgan fingerprint density at radius 1 is 1.08 bits per heavy atom. The summed E-state index contributed by atoms with van der Waals surface area (Å²) in [5, 5.41) is 4.33. The van der Waals surface area contributed by atoms with Crippen molar-refractivity contribution >= 4 is 15.7 Å². The van der Waals surface area contributed by atoms with E-state index in [0.717, 1.165) is 40.9 Å². The highest BCUT2D eigenvalue weighted by molar-refractivity contribution is 7.92. The van der Waals surface area contributed by atoms with Crippen molar-refractivity contribution < 1.29 is 12.8 Å². The summed E-state index contributed by atoms with van der Waals surface area (Å²) in [5.74, 6) is -0.295. The molecule has 26 heavy (non-hydrogen) atoms. The van der Waals surface area contributed by atoms with Crippen LogP contribution in [0.2, 0.25) is 0 Å².